The van der Waals surface area contributed by atoms with Crippen molar-refractivity contribution in [1.82, 2.24) is 60.8 Å². The standard InChI is InChI=1S/C23H23BrF2N4O5S.C23H22ClF3N4O5S.C21H20BrF3N4O3S.C21H20ClF3N4O3S/c1-2-34-23(33)19-16(9-30-8-15(26)17(10-30)35-11-18(31)32)28-21(22-27-5-6-36-22)29-20(19)13-4-3-12(25)7-14(13)24;1-2-35-22(34)18-15(8-31-9-16(23(26,27)11-31)36-10-17(32)33)29-20(21-28-5-6-37-21)30-19(18)13-4-3-12(25)7-14(13)24;2*1-2-32-20(31)16-14(8-29-9-15(30)21(24,25)10-29)27-18(19-26-5-6-33-19)28-17(16)12-4-3-11(23)7-13(12)22/h3-7,15,17,20H,2,8-11H2,1H3,(H,28,29)(H,31,32);3-7,16,19H,2,8-11H2,1H3,(H,29,30)(H,32,33);2*3-7,15,17,30H,2,8-10H2,1H3,(H,27,28)/t15-,17?,20-;16-,19+;2*15?,17-/m0100/s1. The van der Waals surface area contributed by atoms with E-state index in [4.69, 9.17) is 66.8 Å². The van der Waals surface area contributed by atoms with Gasteiger partial charge in [0.25, 0.3) is 17.8 Å². The molecule has 4 aromatic heterocycles. The Labute approximate surface area is 827 Å². The Balaban J connectivity index is 0.000000156. The Morgan fingerprint density at radius 3 is 1.01 bits per heavy atom. The number of carbonyl (C=O) groups is 6. The second-order valence-electron chi connectivity index (χ2n) is 31.5. The molecule has 0 aliphatic carbocycles. The van der Waals surface area contributed by atoms with E-state index in [2.05, 4.69) is 88.0 Å². The number of ether oxygens (including phenoxy) is 6. The van der Waals surface area contributed by atoms with Crippen LogP contribution < -0.4 is 21.3 Å². The van der Waals surface area contributed by atoms with Crippen molar-refractivity contribution < 1.29 is 126 Å². The van der Waals surface area contributed by atoms with Crippen LogP contribution >= 0.6 is 100 Å². The Hall–Kier alpha value is -10.5. The van der Waals surface area contributed by atoms with Crippen molar-refractivity contribution in [2.45, 2.75) is 100 Å². The lowest BCUT2D eigenvalue weighted by Crippen LogP contribution is -2.39. The predicted octanol–water partition coefficient (Wildman–Crippen LogP) is 12.8. The third-order valence-corrected chi connectivity index (χ3v) is 26.9. The van der Waals surface area contributed by atoms with Gasteiger partial charge in [-0.25, -0.2) is 97.0 Å². The zero-order valence-electron chi connectivity index (χ0n) is 73.3. The first kappa shape index (κ1) is 106. The van der Waals surface area contributed by atoms with E-state index in [-0.39, 0.29) is 135 Å². The normalized spacial score (nSPS) is 22.3. The van der Waals surface area contributed by atoms with Crippen molar-refractivity contribution in [3.63, 3.8) is 0 Å². The van der Waals surface area contributed by atoms with E-state index in [1.54, 1.807) is 85.0 Å². The first-order valence-electron chi connectivity index (χ1n) is 42.3. The molecule has 12 heterocycles. The summed E-state index contributed by atoms with van der Waals surface area (Å²) in [7, 11) is 0. The Bertz CT molecular complexity index is 5930. The van der Waals surface area contributed by atoms with E-state index in [0.29, 0.717) is 80.1 Å². The van der Waals surface area contributed by atoms with Crippen LogP contribution in [0.2, 0.25) is 10.0 Å². The average molecular weight is 2190 g/mol. The fourth-order valence-corrected chi connectivity index (χ4v) is 19.7. The monoisotopic (exact) mass is 2190 g/mol. The molecule has 8 aliphatic heterocycles. The molecule has 742 valence electrons. The third kappa shape index (κ3) is 26.3. The zero-order valence-corrected chi connectivity index (χ0v) is 81.3. The fraction of sp³-hybridized carbons (Fsp3) is 0.386. The maximum atomic E-state index is 14.6. The highest BCUT2D eigenvalue weighted by Gasteiger charge is 2.53. The Morgan fingerprint density at radius 2 is 0.719 bits per heavy atom. The molecule has 0 amide bonds. The third-order valence-electron chi connectivity index (χ3n) is 21.7. The summed E-state index contributed by atoms with van der Waals surface area (Å²) in [4.78, 5) is 115. The molecular formula is C88H85Br2Cl2F11N16O16S4. The van der Waals surface area contributed by atoms with Crippen LogP contribution in [0.5, 0.6) is 0 Å². The van der Waals surface area contributed by atoms with Crippen LogP contribution in [-0.4, -0.2) is 286 Å². The van der Waals surface area contributed by atoms with Crippen molar-refractivity contribution in [2.24, 2.45) is 20.0 Å². The van der Waals surface area contributed by atoms with Crippen LogP contribution in [0.3, 0.4) is 0 Å². The van der Waals surface area contributed by atoms with Crippen LogP contribution in [0.1, 0.15) is 94.1 Å². The molecule has 16 rings (SSSR count). The van der Waals surface area contributed by atoms with Crippen molar-refractivity contribution in [3.8, 4) is 0 Å². The largest absolute Gasteiger partial charge is 0.480 e. The molecule has 0 bridgehead atoms. The lowest BCUT2D eigenvalue weighted by molar-refractivity contribution is -0.153. The highest BCUT2D eigenvalue weighted by Crippen LogP contribution is 2.45. The number of carboxylic acids is 2. The number of hydrogen-bond donors (Lipinski definition) is 8. The molecule has 0 radical (unpaired) electrons. The van der Waals surface area contributed by atoms with E-state index in [9.17, 15) is 87.3 Å². The lowest BCUT2D eigenvalue weighted by Gasteiger charge is -2.29. The minimum Gasteiger partial charge on any atom is -0.480 e. The predicted molar refractivity (Wildman–Crippen MR) is 496 cm³/mol. The van der Waals surface area contributed by atoms with Gasteiger partial charge in [0, 0.05) is 158 Å². The van der Waals surface area contributed by atoms with Crippen molar-refractivity contribution in [3.05, 3.63) is 249 Å². The lowest BCUT2D eigenvalue weighted by atomic mass is 9.95. The number of aliphatic hydroxyl groups excluding tert-OH is 2. The SMILES string of the molecule is CCOC(=O)C1=C(CN2CC(O)C(F)(F)C2)NC(c2nccs2)=N[C@H]1c1ccc(F)cc1Br.CCOC(=O)C1=C(CN2CC(O)C(F)(F)C2)NC(c2nccs2)=N[C@H]1c1ccc(F)cc1Cl.CCOC(=O)C1=C(CN2CC(OCC(=O)O)[C@@H](F)C2)NC(c2nccs2)=N[C@H]1c1ccc(F)cc1Br.CCOC(=O)C1=C(CN2C[C@@H](OCC(=O)O)C(F)(F)C2)NC(c2nccs2)=N[C@H]1c1ccc(F)cc1Cl. The van der Waals surface area contributed by atoms with E-state index in [1.165, 1.54) is 115 Å². The van der Waals surface area contributed by atoms with Gasteiger partial charge in [0.15, 0.2) is 43.4 Å². The molecule has 32 nitrogen and oxygen atoms in total. The molecule has 8 aromatic rings. The summed E-state index contributed by atoms with van der Waals surface area (Å²) in [6, 6.07) is 11.7. The minimum absolute atomic E-state index is 0.0137. The summed E-state index contributed by atoms with van der Waals surface area (Å²) in [6.07, 6.45) is -1.23. The summed E-state index contributed by atoms with van der Waals surface area (Å²) < 4.78 is 187. The number of aliphatic imine (C=N–C) groups is 4. The summed E-state index contributed by atoms with van der Waals surface area (Å²) in [5, 5.41) is 58.5. The van der Waals surface area contributed by atoms with Crippen molar-refractivity contribution >= 4 is 160 Å². The number of thiazole rings is 4. The molecular weight excluding hydrogens is 2110 g/mol. The number of nitrogens with one attached hydrogen (secondary N) is 4. The topological polar surface area (TPSA) is 401 Å². The molecule has 4 aromatic carbocycles. The average Bonchev–Trinajstić information content (AvgIpc) is 1.73. The highest BCUT2D eigenvalue weighted by atomic mass is 79.9. The van der Waals surface area contributed by atoms with Gasteiger partial charge in [-0.2, -0.15) is 0 Å². The summed E-state index contributed by atoms with van der Waals surface area (Å²) >= 11 is 24.5. The number of hydrogen-bond acceptors (Lipinski definition) is 34. The van der Waals surface area contributed by atoms with Gasteiger partial charge in [0.1, 0.15) is 91.2 Å². The van der Waals surface area contributed by atoms with Crippen LogP contribution in [0, 0.1) is 23.3 Å². The van der Waals surface area contributed by atoms with Gasteiger partial charge in [-0.1, -0.05) is 79.3 Å². The van der Waals surface area contributed by atoms with Gasteiger partial charge < -0.3 is 70.1 Å². The molecule has 9 atom stereocenters. The van der Waals surface area contributed by atoms with Crippen LogP contribution in [0.4, 0.5) is 48.3 Å². The number of aromatic nitrogens is 4. The van der Waals surface area contributed by atoms with E-state index in [0.717, 1.165) is 12.1 Å². The Morgan fingerprint density at radius 1 is 0.424 bits per heavy atom. The van der Waals surface area contributed by atoms with Gasteiger partial charge >= 0.3 is 35.8 Å². The van der Waals surface area contributed by atoms with Gasteiger partial charge in [0.05, 0.1) is 68.4 Å². The summed E-state index contributed by atoms with van der Waals surface area (Å²) in [5.41, 5.74) is 3.34. The van der Waals surface area contributed by atoms with Crippen LogP contribution in [0.15, 0.2) is 193 Å². The number of aliphatic carboxylic acids is 2. The molecule has 51 heteroatoms. The number of carbonyl (C=O) groups excluding carboxylic acids is 4. The maximum absolute atomic E-state index is 14.6. The summed E-state index contributed by atoms with van der Waals surface area (Å²) in [5.74, 6) is -15.9. The number of rotatable bonds is 30. The molecule has 8 N–H and O–H groups in total. The minimum atomic E-state index is -3.32. The Kier molecular flexibility index (Phi) is 35.7. The van der Waals surface area contributed by atoms with E-state index < -0.39 is 164 Å². The van der Waals surface area contributed by atoms with Gasteiger partial charge in [0.2, 0.25) is 0 Å². The van der Waals surface area contributed by atoms with E-state index in [1.807, 2.05) is 0 Å². The van der Waals surface area contributed by atoms with Crippen molar-refractivity contribution in [1.29, 1.82) is 0 Å². The molecule has 4 saturated heterocycles. The van der Waals surface area contributed by atoms with Gasteiger partial charge in [-0.15, -0.1) is 45.3 Å². The van der Waals surface area contributed by atoms with Crippen molar-refractivity contribution in [2.75, 3.05) is 118 Å². The van der Waals surface area contributed by atoms with Gasteiger partial charge in [-0.05, 0) is 87.4 Å². The molecule has 0 spiro atoms. The molecule has 8 aliphatic rings. The number of esters is 4. The van der Waals surface area contributed by atoms with Crippen LogP contribution in [-0.2, 0) is 57.2 Å². The van der Waals surface area contributed by atoms with Crippen LogP contribution in [0.25, 0.3) is 0 Å². The number of β-amino-alcohol motifs (C(OH)–C–C–N with tert-alkyl or cyclic N) is 2. The second kappa shape index (κ2) is 46.9. The number of nitrogens with zero attached hydrogens (tertiary/aromatic N) is 12. The smallest absolute Gasteiger partial charge is 0.338 e. The number of amidine groups is 4. The number of likely N-dealkylation sites (tertiary alicyclic amines) is 4. The quantitative estimate of drug-likeness (QED) is 0.0118. The zero-order chi connectivity index (χ0) is 100. The highest BCUT2D eigenvalue weighted by molar-refractivity contribution is 9.10. The number of aliphatic hydroxyl groups is 2. The number of carboxylic acid groups (broad SMARTS) is 2. The molecule has 4 fully saturated rings. The maximum Gasteiger partial charge on any atom is 0.338 e. The summed E-state index contributed by atoms with van der Waals surface area (Å²) in [6.45, 7) is 2.41. The fourth-order valence-electron chi connectivity index (χ4n) is 15.7. The number of halogens is 15. The first-order chi connectivity index (χ1) is 66.2. The first-order valence-corrected chi connectivity index (χ1v) is 48.2. The van der Waals surface area contributed by atoms with E-state index >= 15 is 0 Å². The van der Waals surface area contributed by atoms with Gasteiger partial charge in [-0.3, -0.25) is 39.6 Å². The second-order valence-corrected chi connectivity index (χ2v) is 37.6. The number of alkyl halides is 7. The number of benzene rings is 4. The molecule has 139 heavy (non-hydrogen) atoms. The molecule has 0 saturated carbocycles. The molecule has 3 unspecified atom stereocenters.